The van der Waals surface area contributed by atoms with E-state index in [9.17, 15) is 18.4 Å². The van der Waals surface area contributed by atoms with Crippen molar-refractivity contribution in [3.8, 4) is 67.8 Å². The Hall–Kier alpha value is -9.41. The molecule has 0 aliphatic heterocycles. The van der Waals surface area contributed by atoms with Crippen LogP contribution >= 0.6 is 0 Å². The fraction of sp³-hybridized carbons (Fsp3) is 0.123. The molecular weight excluding hydrogens is 1220 g/mol. The summed E-state index contributed by atoms with van der Waals surface area (Å²) in [5.74, 6) is 0.289. The van der Waals surface area contributed by atoms with E-state index in [0.717, 1.165) is 110 Å². The molecule has 0 saturated heterocycles. The van der Waals surface area contributed by atoms with Crippen LogP contribution < -0.4 is 0 Å². The van der Waals surface area contributed by atoms with Gasteiger partial charge in [0.15, 0.2) is 0 Å². The minimum Gasteiger partial charge on any atom is -0.299 e. The molecular formula is C73H54F2IrN6O2-2. The molecule has 11 heteroatoms. The zero-order valence-corrected chi connectivity index (χ0v) is 49.3. The topological polar surface area (TPSA) is 111 Å². The average Bonchev–Trinajstić information content (AvgIpc) is 0.828. The largest absolute Gasteiger partial charge is 0.299 e. The molecule has 8 nitrogen and oxygen atoms in total. The van der Waals surface area contributed by atoms with Crippen molar-refractivity contribution in [3.05, 3.63) is 230 Å². The van der Waals surface area contributed by atoms with Gasteiger partial charge in [0.2, 0.25) is 0 Å². The number of Topliss-reactive ketones (excluding diaryl/α,β-unsaturated/α-hetero) is 2. The monoisotopic (exact) mass is 1280 g/mol. The van der Waals surface area contributed by atoms with Crippen molar-refractivity contribution in [2.75, 3.05) is 0 Å². The number of hydrogen-bond donors (Lipinski definition) is 0. The van der Waals surface area contributed by atoms with Gasteiger partial charge in [-0.15, -0.1) is 59.7 Å². The Labute approximate surface area is 498 Å². The Morgan fingerprint density at radius 3 is 0.893 bits per heavy atom. The minimum absolute atomic E-state index is 0. The van der Waals surface area contributed by atoms with Crippen LogP contribution in [0.2, 0.25) is 0 Å². The molecule has 0 N–H and O–H groups in total. The van der Waals surface area contributed by atoms with E-state index in [1.807, 2.05) is 139 Å². The Morgan fingerprint density at radius 2 is 0.643 bits per heavy atom. The number of ketones is 2. The maximum Gasteiger partial charge on any atom is 0.145 e. The Morgan fingerprint density at radius 1 is 0.369 bits per heavy atom. The first kappa shape index (κ1) is 56.5. The zero-order valence-electron chi connectivity index (χ0n) is 46.9. The maximum absolute atomic E-state index is 13.9. The Bertz CT molecular complexity index is 4210. The summed E-state index contributed by atoms with van der Waals surface area (Å²) in [6.45, 7) is 11.0. The van der Waals surface area contributed by atoms with Gasteiger partial charge in [0, 0.05) is 108 Å². The average molecular weight is 1280 g/mol. The first-order chi connectivity index (χ1) is 40.1. The molecule has 10 aromatic carbocycles. The second-order valence-electron chi connectivity index (χ2n) is 22.6. The molecule has 14 rings (SSSR count). The van der Waals surface area contributed by atoms with Gasteiger partial charge in [-0.1, -0.05) is 187 Å². The number of benzene rings is 10. The van der Waals surface area contributed by atoms with Gasteiger partial charge in [0.25, 0.3) is 0 Å². The molecule has 84 heavy (non-hydrogen) atoms. The van der Waals surface area contributed by atoms with Gasteiger partial charge in [0.05, 0.1) is 62.9 Å². The SMILES string of the molecule is CC(C)(C)C(=O)CC(=O)C(C)(C)C.Fc1cc[c-]c(-c2nc3ccc4c(-c5ccccc5)nc(-c5ccccc5)c5ccc(n2)c3c45)c1.Fc1cc[c-]c(-c2nc3ccc4c(-c5ccccc5)nc(-c5ccccc5)c5ccc(n2)c3c45)c1.[Ir]. The van der Waals surface area contributed by atoms with E-state index in [-0.39, 0.29) is 49.7 Å². The summed E-state index contributed by atoms with van der Waals surface area (Å²) in [7, 11) is 0. The van der Waals surface area contributed by atoms with Gasteiger partial charge in [0.1, 0.15) is 11.6 Å². The van der Waals surface area contributed by atoms with Crippen molar-refractivity contribution >= 4 is 76.7 Å². The smallest absolute Gasteiger partial charge is 0.145 e. The van der Waals surface area contributed by atoms with Gasteiger partial charge in [-0.05, 0) is 24.3 Å². The second kappa shape index (κ2) is 23.1. The fourth-order valence-corrected chi connectivity index (χ4v) is 10.4. The zero-order chi connectivity index (χ0) is 57.6. The standard InChI is InChI=1S/2C31H17FN3.C11H20O2.Ir/c2*32-22-13-7-12-21(18-22)31-33-25-16-14-23-27-24(15-17-26(34-31)28(25)27)30(20-10-5-2-6-11-20)35-29(23)19-8-3-1-4-9-19;1-10(2,3)8(12)7-9(13)11(4,5)6;/h2*1-11,13-18H;7H2,1-6H3;/q2*-1;;. The summed E-state index contributed by atoms with van der Waals surface area (Å²) < 4.78 is 27.8. The molecule has 0 aliphatic rings. The van der Waals surface area contributed by atoms with E-state index in [4.69, 9.17) is 29.9 Å². The van der Waals surface area contributed by atoms with Crippen molar-refractivity contribution in [3.63, 3.8) is 0 Å². The summed E-state index contributed by atoms with van der Waals surface area (Å²) in [4.78, 5) is 52.6. The van der Waals surface area contributed by atoms with Gasteiger partial charge < -0.3 is 0 Å². The molecule has 14 aromatic rings. The van der Waals surface area contributed by atoms with Crippen LogP contribution in [0.5, 0.6) is 0 Å². The van der Waals surface area contributed by atoms with Gasteiger partial charge >= 0.3 is 0 Å². The molecule has 0 saturated carbocycles. The molecule has 0 atom stereocenters. The normalized spacial score (nSPS) is 11.6. The van der Waals surface area contributed by atoms with E-state index in [2.05, 4.69) is 84.9 Å². The van der Waals surface area contributed by atoms with Crippen molar-refractivity contribution in [2.45, 2.75) is 48.0 Å². The van der Waals surface area contributed by atoms with Crippen LogP contribution in [-0.2, 0) is 29.7 Å². The Balaban J connectivity index is 0.000000144. The Kier molecular flexibility index (Phi) is 15.5. The number of carbonyl (C=O) groups is 2. The van der Waals surface area contributed by atoms with E-state index in [1.54, 1.807) is 12.1 Å². The second-order valence-corrected chi connectivity index (χ2v) is 22.6. The summed E-state index contributed by atoms with van der Waals surface area (Å²) >= 11 is 0. The van der Waals surface area contributed by atoms with Crippen LogP contribution in [0.15, 0.2) is 206 Å². The van der Waals surface area contributed by atoms with Gasteiger partial charge in [-0.2, -0.15) is 0 Å². The predicted octanol–water partition coefficient (Wildman–Crippen LogP) is 18.0. The van der Waals surface area contributed by atoms with Crippen molar-refractivity contribution in [1.82, 2.24) is 29.9 Å². The molecule has 0 fully saturated rings. The molecule has 4 heterocycles. The van der Waals surface area contributed by atoms with Crippen molar-refractivity contribution in [1.29, 1.82) is 0 Å². The molecule has 0 amide bonds. The quantitative estimate of drug-likeness (QED) is 0.0840. The molecule has 0 spiro atoms. The number of pyridine rings is 2. The molecule has 4 aromatic heterocycles. The summed E-state index contributed by atoms with van der Waals surface area (Å²) in [5, 5.41) is 8.35. The molecule has 0 unspecified atom stereocenters. The van der Waals surface area contributed by atoms with Crippen molar-refractivity contribution < 1.29 is 38.5 Å². The summed E-state index contributed by atoms with van der Waals surface area (Å²) in [6, 6.07) is 72.1. The summed E-state index contributed by atoms with van der Waals surface area (Å²) in [6.07, 6.45) is 0.0625. The van der Waals surface area contributed by atoms with Crippen LogP contribution in [0.1, 0.15) is 48.0 Å². The van der Waals surface area contributed by atoms with E-state index in [1.165, 1.54) is 24.3 Å². The number of rotatable bonds is 8. The number of aromatic nitrogens is 6. The molecule has 0 bridgehead atoms. The van der Waals surface area contributed by atoms with Crippen LogP contribution in [0, 0.1) is 34.6 Å². The maximum atomic E-state index is 13.9. The first-order valence-corrected chi connectivity index (χ1v) is 27.4. The number of nitrogens with zero attached hydrogens (tertiary/aromatic N) is 6. The van der Waals surface area contributed by atoms with Crippen LogP contribution in [0.4, 0.5) is 8.78 Å². The van der Waals surface area contributed by atoms with Crippen LogP contribution in [0.3, 0.4) is 0 Å². The van der Waals surface area contributed by atoms with E-state index < -0.39 is 10.8 Å². The summed E-state index contributed by atoms with van der Waals surface area (Å²) in [5.41, 5.74) is 11.4. The number of carbonyl (C=O) groups excluding carboxylic acids is 2. The van der Waals surface area contributed by atoms with Gasteiger partial charge in [-0.3, -0.25) is 29.5 Å². The van der Waals surface area contributed by atoms with Gasteiger partial charge in [-0.25, -0.2) is 18.7 Å². The predicted molar refractivity (Wildman–Crippen MR) is 331 cm³/mol. The van der Waals surface area contributed by atoms with Crippen LogP contribution in [-0.4, -0.2) is 41.5 Å². The third kappa shape index (κ3) is 11.2. The molecule has 0 aliphatic carbocycles. The molecule has 1 radical (unpaired) electrons. The third-order valence-corrected chi connectivity index (χ3v) is 14.8. The van der Waals surface area contributed by atoms with E-state index >= 15 is 0 Å². The fourth-order valence-electron chi connectivity index (χ4n) is 10.4. The third-order valence-electron chi connectivity index (χ3n) is 14.8. The molecule has 413 valence electrons. The number of halogens is 2. The number of hydrogen-bond acceptors (Lipinski definition) is 8. The minimum atomic E-state index is -0.402. The first-order valence-electron chi connectivity index (χ1n) is 27.4. The van der Waals surface area contributed by atoms with E-state index in [0.29, 0.717) is 22.8 Å². The van der Waals surface area contributed by atoms with Crippen LogP contribution in [0.25, 0.3) is 133 Å². The van der Waals surface area contributed by atoms with Crippen molar-refractivity contribution in [2.24, 2.45) is 10.8 Å².